The van der Waals surface area contributed by atoms with Gasteiger partial charge >= 0.3 is 0 Å². The lowest BCUT2D eigenvalue weighted by molar-refractivity contribution is -0.122. The molecule has 1 aliphatic heterocycles. The number of hydrogen-bond acceptors (Lipinski definition) is 6. The molecule has 1 amide bonds. The van der Waals surface area contributed by atoms with Gasteiger partial charge in [0.25, 0.3) is 0 Å². The summed E-state index contributed by atoms with van der Waals surface area (Å²) in [5, 5.41) is 15.6. The van der Waals surface area contributed by atoms with Crippen LogP contribution in [-0.4, -0.2) is 57.3 Å². The first-order chi connectivity index (χ1) is 14.7. The summed E-state index contributed by atoms with van der Waals surface area (Å²) in [6.45, 7) is 3.67. The van der Waals surface area contributed by atoms with Gasteiger partial charge in [0.15, 0.2) is 5.82 Å². The zero-order valence-corrected chi connectivity index (χ0v) is 17.2. The Hall–Kier alpha value is -2.81. The standard InChI is InChI=1S/C21H23ClN6O2/c22-18-8-6-17(7-9-18)21(16-4-2-1-3-5-16)23-20(29)15-28-19(24-25-26-28)14-27-10-12-30-13-11-27/h1-9,21H,10-15H2,(H,23,29)/t21-/m1/s1. The zero-order valence-electron chi connectivity index (χ0n) is 16.4. The second-order valence-electron chi connectivity index (χ2n) is 7.10. The van der Waals surface area contributed by atoms with E-state index in [4.69, 9.17) is 16.3 Å². The average molecular weight is 427 g/mol. The first-order valence-corrected chi connectivity index (χ1v) is 10.2. The Labute approximate surface area is 179 Å². The summed E-state index contributed by atoms with van der Waals surface area (Å²) in [5.74, 6) is 0.490. The van der Waals surface area contributed by atoms with Crippen LogP contribution in [0.5, 0.6) is 0 Å². The molecule has 156 valence electrons. The van der Waals surface area contributed by atoms with Crippen molar-refractivity contribution in [1.29, 1.82) is 0 Å². The molecule has 2 aromatic carbocycles. The highest BCUT2D eigenvalue weighted by molar-refractivity contribution is 6.30. The van der Waals surface area contributed by atoms with Crippen molar-refractivity contribution in [3.8, 4) is 0 Å². The van der Waals surface area contributed by atoms with E-state index in [1.165, 1.54) is 0 Å². The molecule has 4 rings (SSSR count). The van der Waals surface area contributed by atoms with Gasteiger partial charge in [0.2, 0.25) is 5.91 Å². The van der Waals surface area contributed by atoms with E-state index in [0.717, 1.165) is 24.2 Å². The van der Waals surface area contributed by atoms with Crippen LogP contribution in [-0.2, 0) is 22.6 Å². The molecule has 1 N–H and O–H groups in total. The lowest BCUT2D eigenvalue weighted by atomic mass is 9.99. The van der Waals surface area contributed by atoms with Crippen molar-refractivity contribution in [1.82, 2.24) is 30.4 Å². The summed E-state index contributed by atoms with van der Waals surface area (Å²) < 4.78 is 6.93. The average Bonchev–Trinajstić information content (AvgIpc) is 3.20. The quantitative estimate of drug-likeness (QED) is 0.622. The first-order valence-electron chi connectivity index (χ1n) is 9.84. The van der Waals surface area contributed by atoms with E-state index in [2.05, 4.69) is 25.7 Å². The fourth-order valence-corrected chi connectivity index (χ4v) is 3.55. The minimum absolute atomic E-state index is 0.0452. The molecular formula is C21H23ClN6O2. The van der Waals surface area contributed by atoms with Crippen molar-refractivity contribution in [2.24, 2.45) is 0 Å². The summed E-state index contributed by atoms with van der Waals surface area (Å²) in [6, 6.07) is 17.0. The number of benzene rings is 2. The Morgan fingerprint density at radius 1 is 1.07 bits per heavy atom. The lowest BCUT2D eigenvalue weighted by Gasteiger charge is -2.25. The Morgan fingerprint density at radius 2 is 1.77 bits per heavy atom. The highest BCUT2D eigenvalue weighted by Crippen LogP contribution is 2.23. The van der Waals surface area contributed by atoms with E-state index in [9.17, 15) is 4.79 Å². The third kappa shape index (κ3) is 5.21. The second kappa shape index (κ2) is 9.80. The molecule has 0 radical (unpaired) electrons. The number of hydrogen-bond donors (Lipinski definition) is 1. The molecule has 8 nitrogen and oxygen atoms in total. The van der Waals surface area contributed by atoms with E-state index in [1.807, 2.05) is 54.6 Å². The fraction of sp³-hybridized carbons (Fsp3) is 0.333. The number of carbonyl (C=O) groups is 1. The minimum atomic E-state index is -0.296. The summed E-state index contributed by atoms with van der Waals surface area (Å²) in [6.07, 6.45) is 0. The molecule has 9 heteroatoms. The zero-order chi connectivity index (χ0) is 20.8. The number of rotatable bonds is 7. The molecular weight excluding hydrogens is 404 g/mol. The van der Waals surface area contributed by atoms with E-state index in [0.29, 0.717) is 30.6 Å². The predicted octanol–water partition coefficient (Wildman–Crippen LogP) is 2.06. The Kier molecular flexibility index (Phi) is 6.68. The molecule has 1 aliphatic rings. The molecule has 1 saturated heterocycles. The topological polar surface area (TPSA) is 85.2 Å². The van der Waals surface area contributed by atoms with Crippen LogP contribution in [0.1, 0.15) is 23.0 Å². The van der Waals surface area contributed by atoms with Crippen molar-refractivity contribution >= 4 is 17.5 Å². The molecule has 0 unspecified atom stereocenters. The Bertz CT molecular complexity index is 957. The molecule has 3 aromatic rings. The van der Waals surface area contributed by atoms with Crippen LogP contribution in [0, 0.1) is 0 Å². The normalized spacial score (nSPS) is 15.6. The van der Waals surface area contributed by atoms with E-state index in [1.54, 1.807) is 4.68 Å². The van der Waals surface area contributed by atoms with Crippen LogP contribution < -0.4 is 5.32 Å². The van der Waals surface area contributed by atoms with Gasteiger partial charge in [-0.1, -0.05) is 54.1 Å². The van der Waals surface area contributed by atoms with Gasteiger partial charge in [0.1, 0.15) is 6.54 Å². The van der Waals surface area contributed by atoms with E-state index >= 15 is 0 Å². The van der Waals surface area contributed by atoms with Crippen molar-refractivity contribution in [3.05, 3.63) is 76.6 Å². The molecule has 2 heterocycles. The number of nitrogens with one attached hydrogen (secondary N) is 1. The molecule has 1 aromatic heterocycles. The van der Waals surface area contributed by atoms with Crippen LogP contribution in [0.25, 0.3) is 0 Å². The number of tetrazole rings is 1. The predicted molar refractivity (Wildman–Crippen MR) is 112 cm³/mol. The number of carbonyl (C=O) groups excluding carboxylic acids is 1. The fourth-order valence-electron chi connectivity index (χ4n) is 3.42. The number of amides is 1. The third-order valence-corrected chi connectivity index (χ3v) is 5.26. The second-order valence-corrected chi connectivity index (χ2v) is 7.54. The Balaban J connectivity index is 1.47. The number of nitrogens with zero attached hydrogens (tertiary/aromatic N) is 5. The monoisotopic (exact) mass is 426 g/mol. The van der Waals surface area contributed by atoms with Crippen LogP contribution in [0.2, 0.25) is 5.02 Å². The van der Waals surface area contributed by atoms with E-state index in [-0.39, 0.29) is 18.5 Å². The molecule has 0 spiro atoms. The number of halogens is 1. The van der Waals surface area contributed by atoms with Gasteiger partial charge in [-0.2, -0.15) is 0 Å². The minimum Gasteiger partial charge on any atom is -0.379 e. The maximum Gasteiger partial charge on any atom is 0.242 e. The first kappa shape index (κ1) is 20.5. The van der Waals surface area contributed by atoms with Gasteiger partial charge in [0.05, 0.1) is 25.8 Å². The lowest BCUT2D eigenvalue weighted by Crippen LogP contribution is -2.37. The SMILES string of the molecule is O=C(Cn1nnnc1CN1CCOCC1)N[C@H](c1ccccc1)c1ccc(Cl)cc1. The van der Waals surface area contributed by atoms with E-state index < -0.39 is 0 Å². The number of morpholine rings is 1. The van der Waals surface area contributed by atoms with Crippen LogP contribution >= 0.6 is 11.6 Å². The summed E-state index contributed by atoms with van der Waals surface area (Å²) in [7, 11) is 0. The van der Waals surface area contributed by atoms with Gasteiger partial charge in [-0.05, 0) is 33.7 Å². The van der Waals surface area contributed by atoms with Crippen LogP contribution in [0.4, 0.5) is 0 Å². The van der Waals surface area contributed by atoms with Gasteiger partial charge in [-0.25, -0.2) is 4.68 Å². The Morgan fingerprint density at radius 3 is 2.50 bits per heavy atom. The number of aromatic nitrogens is 4. The summed E-state index contributed by atoms with van der Waals surface area (Å²) >= 11 is 6.04. The summed E-state index contributed by atoms with van der Waals surface area (Å²) in [5.41, 5.74) is 1.93. The van der Waals surface area contributed by atoms with Crippen molar-refractivity contribution in [3.63, 3.8) is 0 Å². The molecule has 0 saturated carbocycles. The highest BCUT2D eigenvalue weighted by atomic mass is 35.5. The molecule has 1 atom stereocenters. The highest BCUT2D eigenvalue weighted by Gasteiger charge is 2.20. The van der Waals surface area contributed by atoms with Gasteiger partial charge < -0.3 is 10.1 Å². The smallest absolute Gasteiger partial charge is 0.242 e. The molecule has 0 aliphatic carbocycles. The van der Waals surface area contributed by atoms with Crippen molar-refractivity contribution in [2.45, 2.75) is 19.1 Å². The van der Waals surface area contributed by atoms with Crippen molar-refractivity contribution < 1.29 is 9.53 Å². The third-order valence-electron chi connectivity index (χ3n) is 5.01. The van der Waals surface area contributed by atoms with Crippen LogP contribution in [0.3, 0.4) is 0 Å². The van der Waals surface area contributed by atoms with Gasteiger partial charge in [0, 0.05) is 18.1 Å². The van der Waals surface area contributed by atoms with Gasteiger partial charge in [-0.15, -0.1) is 5.10 Å². The molecule has 0 bridgehead atoms. The summed E-state index contributed by atoms with van der Waals surface area (Å²) in [4.78, 5) is 15.1. The van der Waals surface area contributed by atoms with Crippen molar-refractivity contribution in [2.75, 3.05) is 26.3 Å². The maximum atomic E-state index is 12.9. The maximum absolute atomic E-state index is 12.9. The van der Waals surface area contributed by atoms with Crippen LogP contribution in [0.15, 0.2) is 54.6 Å². The molecule has 1 fully saturated rings. The van der Waals surface area contributed by atoms with Gasteiger partial charge in [-0.3, -0.25) is 9.69 Å². The molecule has 30 heavy (non-hydrogen) atoms. The number of ether oxygens (including phenoxy) is 1. The largest absolute Gasteiger partial charge is 0.379 e.